The zero-order chi connectivity index (χ0) is 29.2. The largest absolute Gasteiger partial charge is 0.0677 e. The summed E-state index contributed by atoms with van der Waals surface area (Å²) >= 11 is 0. The summed E-state index contributed by atoms with van der Waals surface area (Å²) in [5.41, 5.74) is 4.65. The molecule has 2 heteroatoms. The third kappa shape index (κ3) is 10.2. The maximum atomic E-state index is 2.31. The minimum Gasteiger partial charge on any atom is -0.0677 e. The zero-order valence-corrected chi connectivity index (χ0v) is 27.9. The molecular weight excluding hydrogens is 542 g/mol. The molecule has 0 aliphatic carbocycles. The van der Waals surface area contributed by atoms with E-state index in [4.69, 9.17) is 0 Å². The van der Waals surface area contributed by atoms with Crippen molar-refractivity contribution in [1.82, 2.24) is 0 Å². The minimum absolute atomic E-state index is 0.0201. The molecule has 2 aliphatic heterocycles. The summed E-state index contributed by atoms with van der Waals surface area (Å²) in [4.78, 5) is 0. The molecule has 2 heterocycles. The zero-order valence-electron chi connectivity index (χ0n) is 26.1. The number of rotatable bonds is 9. The van der Waals surface area contributed by atoms with E-state index in [2.05, 4.69) is 135 Å². The average Bonchev–Trinajstić information content (AvgIpc) is 3.77. The molecule has 4 atom stereocenters. The van der Waals surface area contributed by atoms with Gasteiger partial charge in [0.1, 0.15) is 0 Å². The first-order valence-electron chi connectivity index (χ1n) is 16.5. The second kappa shape index (κ2) is 19.1. The Morgan fingerprint density at radius 1 is 0.452 bits per heavy atom. The lowest BCUT2D eigenvalue weighted by atomic mass is 10.1. The second-order valence-corrected chi connectivity index (χ2v) is 16.7. The van der Waals surface area contributed by atoms with Gasteiger partial charge in [-0.15, -0.1) is 0 Å². The van der Waals surface area contributed by atoms with Gasteiger partial charge in [-0.3, -0.25) is 0 Å². The third-order valence-electron chi connectivity index (χ3n) is 8.51. The standard InChI is InChI=1S/2C16H17P.C8H18/c2*1-3-8-14(9-4-1)16-12-7-13-17(16)15-10-5-2-6-11-15;1-3-5-7-8-6-4-2/h2*1-6,8-11,16H,7,12-13H2;3-8H2,1-2H3. The highest BCUT2D eigenvalue weighted by Gasteiger charge is 2.29. The van der Waals surface area contributed by atoms with Crippen molar-refractivity contribution in [3.8, 4) is 0 Å². The van der Waals surface area contributed by atoms with E-state index in [1.807, 2.05) is 0 Å². The van der Waals surface area contributed by atoms with Crippen LogP contribution < -0.4 is 10.6 Å². The van der Waals surface area contributed by atoms with Crippen LogP contribution in [0.15, 0.2) is 121 Å². The maximum Gasteiger partial charge on any atom is 0.00820 e. The Morgan fingerprint density at radius 3 is 1.12 bits per heavy atom. The molecule has 0 bridgehead atoms. The Balaban J connectivity index is 0.000000155. The molecule has 0 saturated carbocycles. The van der Waals surface area contributed by atoms with Crippen molar-refractivity contribution >= 4 is 26.5 Å². The Bertz CT molecular complexity index is 1020. The summed E-state index contributed by atoms with van der Waals surface area (Å²) < 4.78 is 0. The smallest absolute Gasteiger partial charge is 0.00820 e. The molecule has 222 valence electrons. The first-order chi connectivity index (χ1) is 20.8. The third-order valence-corrected chi connectivity index (χ3v) is 14.6. The van der Waals surface area contributed by atoms with E-state index in [-0.39, 0.29) is 15.8 Å². The predicted octanol–water partition coefficient (Wildman–Crippen LogP) is 12.0. The molecular formula is C40H52P2. The van der Waals surface area contributed by atoms with Gasteiger partial charge in [0.05, 0.1) is 0 Å². The van der Waals surface area contributed by atoms with Crippen LogP contribution in [0.2, 0.25) is 0 Å². The molecule has 6 rings (SSSR count). The van der Waals surface area contributed by atoms with E-state index < -0.39 is 0 Å². The van der Waals surface area contributed by atoms with E-state index in [9.17, 15) is 0 Å². The molecule has 0 spiro atoms. The average molecular weight is 595 g/mol. The van der Waals surface area contributed by atoms with Gasteiger partial charge in [0, 0.05) is 11.3 Å². The van der Waals surface area contributed by atoms with Crippen LogP contribution in [0.1, 0.15) is 101 Å². The normalized spacial score (nSPS) is 21.1. The molecule has 0 aromatic heterocycles. The fraction of sp³-hybridized carbons (Fsp3) is 0.400. The van der Waals surface area contributed by atoms with Gasteiger partial charge in [-0.2, -0.15) is 0 Å². The minimum atomic E-state index is 0.0201. The number of hydrogen-bond acceptors (Lipinski definition) is 0. The Labute approximate surface area is 259 Å². The molecule has 2 saturated heterocycles. The van der Waals surface area contributed by atoms with Crippen LogP contribution >= 0.6 is 15.8 Å². The predicted molar refractivity (Wildman–Crippen MR) is 192 cm³/mol. The Morgan fingerprint density at radius 2 is 0.786 bits per heavy atom. The van der Waals surface area contributed by atoms with Crippen LogP contribution in [0.3, 0.4) is 0 Å². The van der Waals surface area contributed by atoms with E-state index in [0.29, 0.717) is 0 Å². The fourth-order valence-electron chi connectivity index (χ4n) is 6.29. The van der Waals surface area contributed by atoms with Crippen molar-refractivity contribution in [3.05, 3.63) is 132 Å². The SMILES string of the molecule is CCCCCCCC.c1ccc(C2CCCP2c2ccccc2)cc1.c1ccc(C2CCCP2c2ccccc2)cc1. The van der Waals surface area contributed by atoms with Crippen molar-refractivity contribution in [1.29, 1.82) is 0 Å². The van der Waals surface area contributed by atoms with E-state index >= 15 is 0 Å². The van der Waals surface area contributed by atoms with Gasteiger partial charge in [0.2, 0.25) is 0 Å². The summed E-state index contributed by atoms with van der Waals surface area (Å²) in [5, 5.41) is 3.16. The number of benzene rings is 4. The van der Waals surface area contributed by atoms with Gasteiger partial charge in [-0.25, -0.2) is 0 Å². The highest BCUT2D eigenvalue weighted by atomic mass is 31.1. The fourth-order valence-corrected chi connectivity index (χ4v) is 12.4. The van der Waals surface area contributed by atoms with Crippen LogP contribution in [-0.4, -0.2) is 12.3 Å². The molecule has 0 radical (unpaired) electrons. The van der Waals surface area contributed by atoms with Crippen molar-refractivity contribution in [2.75, 3.05) is 12.3 Å². The van der Waals surface area contributed by atoms with Gasteiger partial charge in [0.25, 0.3) is 0 Å². The maximum absolute atomic E-state index is 2.31. The molecule has 0 N–H and O–H groups in total. The van der Waals surface area contributed by atoms with Crippen LogP contribution in [0, 0.1) is 0 Å². The topological polar surface area (TPSA) is 0 Å². The molecule has 42 heavy (non-hydrogen) atoms. The van der Waals surface area contributed by atoms with Gasteiger partial charge in [-0.05, 0) is 59.7 Å². The lowest BCUT2D eigenvalue weighted by molar-refractivity contribution is 0.624. The molecule has 4 aromatic rings. The summed E-state index contributed by atoms with van der Waals surface area (Å²) in [7, 11) is 0.0401. The molecule has 2 aliphatic rings. The van der Waals surface area contributed by atoms with Gasteiger partial charge in [0.15, 0.2) is 0 Å². The lowest BCUT2D eigenvalue weighted by Crippen LogP contribution is -2.04. The van der Waals surface area contributed by atoms with Gasteiger partial charge >= 0.3 is 0 Å². The first kappa shape index (κ1) is 32.6. The summed E-state index contributed by atoms with van der Waals surface area (Å²) in [5.74, 6) is 0. The van der Waals surface area contributed by atoms with E-state index in [1.165, 1.54) is 76.5 Å². The van der Waals surface area contributed by atoms with E-state index in [1.54, 1.807) is 21.7 Å². The van der Waals surface area contributed by atoms with E-state index in [0.717, 1.165) is 11.3 Å². The Kier molecular flexibility index (Phi) is 14.9. The van der Waals surface area contributed by atoms with Crippen molar-refractivity contribution in [2.45, 2.75) is 89.4 Å². The summed E-state index contributed by atoms with van der Waals surface area (Å²) in [6, 6.07) is 44.3. The van der Waals surface area contributed by atoms with Crippen molar-refractivity contribution in [3.63, 3.8) is 0 Å². The van der Waals surface area contributed by atoms with Crippen LogP contribution in [-0.2, 0) is 0 Å². The number of hydrogen-bond donors (Lipinski definition) is 0. The highest BCUT2D eigenvalue weighted by Crippen LogP contribution is 2.59. The summed E-state index contributed by atoms with van der Waals surface area (Å²) in [6.07, 6.45) is 16.8. The highest BCUT2D eigenvalue weighted by molar-refractivity contribution is 7.66. The van der Waals surface area contributed by atoms with Crippen LogP contribution in [0.25, 0.3) is 0 Å². The van der Waals surface area contributed by atoms with Gasteiger partial charge in [-0.1, -0.05) is 190 Å². The van der Waals surface area contributed by atoms with Crippen LogP contribution in [0.4, 0.5) is 0 Å². The Hall–Kier alpha value is -2.26. The monoisotopic (exact) mass is 594 g/mol. The molecule has 4 aromatic carbocycles. The lowest BCUT2D eigenvalue weighted by Gasteiger charge is -2.21. The van der Waals surface area contributed by atoms with Crippen LogP contribution in [0.5, 0.6) is 0 Å². The molecule has 4 unspecified atom stereocenters. The van der Waals surface area contributed by atoms with Crippen molar-refractivity contribution in [2.24, 2.45) is 0 Å². The summed E-state index contributed by atoms with van der Waals surface area (Å²) in [6.45, 7) is 4.51. The number of unbranched alkanes of at least 4 members (excludes halogenated alkanes) is 5. The molecule has 0 amide bonds. The molecule has 2 fully saturated rings. The second-order valence-electron chi connectivity index (χ2n) is 11.6. The van der Waals surface area contributed by atoms with Crippen molar-refractivity contribution < 1.29 is 0 Å². The molecule has 0 nitrogen and oxygen atoms in total. The first-order valence-corrected chi connectivity index (χ1v) is 19.7. The van der Waals surface area contributed by atoms with Gasteiger partial charge < -0.3 is 0 Å². The quantitative estimate of drug-likeness (QED) is 0.134.